The predicted octanol–water partition coefficient (Wildman–Crippen LogP) is 4.12. The molecule has 2 aromatic rings. The molecule has 0 radical (unpaired) electrons. The number of rotatable bonds is 4. The van der Waals surface area contributed by atoms with Crippen molar-refractivity contribution < 1.29 is 18.0 Å². The van der Waals surface area contributed by atoms with Crippen LogP contribution in [-0.4, -0.2) is 15.7 Å². The number of hydrogen-bond acceptors (Lipinski definition) is 2. The summed E-state index contributed by atoms with van der Waals surface area (Å²) in [6.45, 7) is 1.74. The third-order valence-electron chi connectivity index (χ3n) is 3.74. The molecule has 0 saturated heterocycles. The van der Waals surface area contributed by atoms with E-state index >= 15 is 0 Å². The molecule has 3 rings (SSSR count). The molecule has 4 nitrogen and oxygen atoms in total. The zero-order valence-electron chi connectivity index (χ0n) is 12.5. The van der Waals surface area contributed by atoms with Gasteiger partial charge in [-0.05, 0) is 43.2 Å². The van der Waals surface area contributed by atoms with E-state index in [4.69, 9.17) is 0 Å². The maximum atomic E-state index is 12.9. The summed E-state index contributed by atoms with van der Waals surface area (Å²) in [7, 11) is 0. The van der Waals surface area contributed by atoms with Gasteiger partial charge in [0.25, 0.3) is 0 Å². The highest BCUT2D eigenvalue weighted by atomic mass is 19.4. The molecule has 0 bridgehead atoms. The second-order valence-electron chi connectivity index (χ2n) is 5.59. The molecule has 0 atom stereocenters. The Hall–Kier alpha value is -2.31. The topological polar surface area (TPSA) is 46.9 Å². The number of amides is 1. The molecule has 1 aliphatic carbocycles. The van der Waals surface area contributed by atoms with Crippen molar-refractivity contribution in [1.29, 1.82) is 0 Å². The number of hydrogen-bond donors (Lipinski definition) is 1. The smallest absolute Gasteiger partial charge is 0.326 e. The molecular weight excluding hydrogens is 307 g/mol. The fourth-order valence-corrected chi connectivity index (χ4v) is 2.35. The highest BCUT2D eigenvalue weighted by molar-refractivity contribution is 5.90. The fraction of sp³-hybridized carbons (Fsp3) is 0.375. The maximum absolute atomic E-state index is 12.9. The van der Waals surface area contributed by atoms with Crippen LogP contribution in [0.25, 0.3) is 5.69 Å². The number of aromatic nitrogens is 2. The van der Waals surface area contributed by atoms with E-state index in [0.717, 1.165) is 18.9 Å². The Kier molecular flexibility index (Phi) is 3.87. The zero-order chi connectivity index (χ0) is 16.6. The van der Waals surface area contributed by atoms with Gasteiger partial charge in [0.1, 0.15) is 0 Å². The average Bonchev–Trinajstić information content (AvgIpc) is 3.25. The van der Waals surface area contributed by atoms with E-state index in [-0.39, 0.29) is 11.8 Å². The quantitative estimate of drug-likeness (QED) is 0.920. The predicted molar refractivity (Wildman–Crippen MR) is 79.5 cm³/mol. The van der Waals surface area contributed by atoms with Gasteiger partial charge in [-0.3, -0.25) is 4.79 Å². The Labute approximate surface area is 131 Å². The van der Waals surface area contributed by atoms with Crippen molar-refractivity contribution in [3.8, 4) is 5.69 Å². The molecule has 1 aliphatic rings. The second kappa shape index (κ2) is 5.72. The summed E-state index contributed by atoms with van der Waals surface area (Å²) in [5.74, 6) is 0.0212. The molecule has 0 spiro atoms. The van der Waals surface area contributed by atoms with Gasteiger partial charge >= 0.3 is 6.18 Å². The van der Waals surface area contributed by atoms with Gasteiger partial charge < -0.3 is 5.32 Å². The van der Waals surface area contributed by atoms with E-state index in [9.17, 15) is 18.0 Å². The Morgan fingerprint density at radius 3 is 2.48 bits per heavy atom. The normalized spacial score (nSPS) is 14.8. The summed E-state index contributed by atoms with van der Waals surface area (Å²) < 4.78 is 40.1. The minimum atomic E-state index is -4.45. The van der Waals surface area contributed by atoms with Gasteiger partial charge in [-0.2, -0.15) is 18.3 Å². The molecule has 23 heavy (non-hydrogen) atoms. The van der Waals surface area contributed by atoms with Gasteiger partial charge in [0, 0.05) is 23.7 Å². The van der Waals surface area contributed by atoms with Crippen LogP contribution in [0.15, 0.2) is 30.3 Å². The van der Waals surface area contributed by atoms with E-state index in [0.29, 0.717) is 23.5 Å². The van der Waals surface area contributed by atoms with Crippen molar-refractivity contribution in [2.75, 3.05) is 5.32 Å². The number of carbonyl (C=O) groups excluding carboxylic acids is 1. The molecular formula is C16H16F3N3O. The number of halogens is 3. The van der Waals surface area contributed by atoms with Gasteiger partial charge in [-0.15, -0.1) is 0 Å². The first kappa shape index (κ1) is 15.6. The summed E-state index contributed by atoms with van der Waals surface area (Å²) >= 11 is 0. The van der Waals surface area contributed by atoms with Crippen molar-refractivity contribution in [3.05, 3.63) is 41.7 Å². The number of anilines is 1. The van der Waals surface area contributed by atoms with Gasteiger partial charge in [0.05, 0.1) is 5.69 Å². The molecule has 1 heterocycles. The molecule has 1 aromatic carbocycles. The Balaban J connectivity index is 1.91. The standard InChI is InChI=1S/C16H16F3N3O/c1-2-15(23)20-11-5-7-12(8-6-11)22-13(10-3-4-10)9-14(21-22)16(17,18)19/h5-10H,2-4H2,1H3,(H,20,23). The van der Waals surface area contributed by atoms with Crippen molar-refractivity contribution in [1.82, 2.24) is 9.78 Å². The minimum absolute atomic E-state index is 0.116. The SMILES string of the molecule is CCC(=O)Nc1ccc(-n2nc(C(F)(F)F)cc2C2CC2)cc1. The van der Waals surface area contributed by atoms with E-state index in [1.807, 2.05) is 0 Å². The number of nitrogens with one attached hydrogen (secondary N) is 1. The molecule has 1 saturated carbocycles. The highest BCUT2D eigenvalue weighted by Gasteiger charge is 2.38. The van der Waals surface area contributed by atoms with E-state index in [2.05, 4.69) is 10.4 Å². The Morgan fingerprint density at radius 1 is 1.30 bits per heavy atom. The van der Waals surface area contributed by atoms with Crippen LogP contribution in [-0.2, 0) is 11.0 Å². The van der Waals surface area contributed by atoms with Crippen LogP contribution in [0.4, 0.5) is 18.9 Å². The largest absolute Gasteiger partial charge is 0.435 e. The molecule has 7 heteroatoms. The number of nitrogens with zero attached hydrogens (tertiary/aromatic N) is 2. The van der Waals surface area contributed by atoms with Crippen molar-refractivity contribution in [2.45, 2.75) is 38.3 Å². The van der Waals surface area contributed by atoms with Crippen LogP contribution in [0.1, 0.15) is 43.5 Å². The lowest BCUT2D eigenvalue weighted by molar-refractivity contribution is -0.141. The van der Waals surface area contributed by atoms with E-state index in [1.54, 1.807) is 31.2 Å². The van der Waals surface area contributed by atoms with Crippen molar-refractivity contribution in [2.24, 2.45) is 0 Å². The summed E-state index contributed by atoms with van der Waals surface area (Å²) in [6.07, 6.45) is -2.33. The minimum Gasteiger partial charge on any atom is -0.326 e. The van der Waals surface area contributed by atoms with Crippen LogP contribution < -0.4 is 5.32 Å². The summed E-state index contributed by atoms with van der Waals surface area (Å²) in [4.78, 5) is 11.3. The zero-order valence-corrected chi connectivity index (χ0v) is 12.5. The van der Waals surface area contributed by atoms with Gasteiger partial charge in [0.15, 0.2) is 5.69 Å². The monoisotopic (exact) mass is 323 g/mol. The molecule has 0 unspecified atom stereocenters. The number of carbonyl (C=O) groups is 1. The first-order chi connectivity index (χ1) is 10.9. The average molecular weight is 323 g/mol. The third-order valence-corrected chi connectivity index (χ3v) is 3.74. The maximum Gasteiger partial charge on any atom is 0.435 e. The Morgan fingerprint density at radius 2 is 1.96 bits per heavy atom. The van der Waals surface area contributed by atoms with Crippen LogP contribution in [0.5, 0.6) is 0 Å². The lowest BCUT2D eigenvalue weighted by Gasteiger charge is -2.08. The van der Waals surface area contributed by atoms with Gasteiger partial charge in [-0.1, -0.05) is 6.92 Å². The summed E-state index contributed by atoms with van der Waals surface area (Å²) in [5, 5.41) is 6.42. The van der Waals surface area contributed by atoms with Crippen molar-refractivity contribution in [3.63, 3.8) is 0 Å². The molecule has 1 fully saturated rings. The molecule has 1 N–H and O–H groups in total. The van der Waals surface area contributed by atoms with Crippen LogP contribution in [0.2, 0.25) is 0 Å². The highest BCUT2D eigenvalue weighted by Crippen LogP contribution is 2.42. The number of benzene rings is 1. The molecule has 1 aromatic heterocycles. The molecule has 0 aliphatic heterocycles. The summed E-state index contributed by atoms with van der Waals surface area (Å²) in [5.41, 5.74) is 0.874. The lowest BCUT2D eigenvalue weighted by atomic mass is 10.2. The van der Waals surface area contributed by atoms with Crippen LogP contribution in [0, 0.1) is 0 Å². The Bertz CT molecular complexity index is 715. The second-order valence-corrected chi connectivity index (χ2v) is 5.59. The first-order valence-electron chi connectivity index (χ1n) is 7.46. The fourth-order valence-electron chi connectivity index (χ4n) is 2.35. The van der Waals surface area contributed by atoms with E-state index < -0.39 is 11.9 Å². The summed E-state index contributed by atoms with van der Waals surface area (Å²) in [6, 6.07) is 7.77. The lowest BCUT2D eigenvalue weighted by Crippen LogP contribution is -2.10. The van der Waals surface area contributed by atoms with Crippen molar-refractivity contribution >= 4 is 11.6 Å². The van der Waals surface area contributed by atoms with Gasteiger partial charge in [0.2, 0.25) is 5.91 Å². The van der Waals surface area contributed by atoms with Crippen LogP contribution in [0.3, 0.4) is 0 Å². The molecule has 122 valence electrons. The van der Waals surface area contributed by atoms with E-state index in [1.165, 1.54) is 4.68 Å². The molecule has 1 amide bonds. The van der Waals surface area contributed by atoms with Gasteiger partial charge in [-0.25, -0.2) is 4.68 Å². The number of alkyl halides is 3. The first-order valence-corrected chi connectivity index (χ1v) is 7.46. The van der Waals surface area contributed by atoms with Crippen LogP contribution >= 0.6 is 0 Å². The third kappa shape index (κ3) is 3.38.